The van der Waals surface area contributed by atoms with Gasteiger partial charge in [0.1, 0.15) is 11.7 Å². The maximum atomic E-state index is 5.67. The average molecular weight is 165 g/mol. The molecule has 0 aromatic carbocycles. The van der Waals surface area contributed by atoms with Crippen LogP contribution in [0.5, 0.6) is 0 Å². The van der Waals surface area contributed by atoms with Gasteiger partial charge >= 0.3 is 0 Å². The van der Waals surface area contributed by atoms with Crippen molar-refractivity contribution in [2.75, 3.05) is 0 Å². The first-order valence-electron chi connectivity index (χ1n) is 4.14. The highest BCUT2D eigenvalue weighted by atomic mass is 15.0. The van der Waals surface area contributed by atoms with Crippen LogP contribution in [0.25, 0.3) is 0 Å². The molecule has 0 spiro atoms. The lowest BCUT2D eigenvalue weighted by atomic mass is 10.1. The highest BCUT2D eigenvalue weighted by molar-refractivity contribution is 5.95. The maximum absolute atomic E-state index is 5.67. The minimum absolute atomic E-state index is 0.436. The monoisotopic (exact) mass is 165 g/mol. The lowest BCUT2D eigenvalue weighted by Crippen LogP contribution is -2.17. The third-order valence-corrected chi connectivity index (χ3v) is 1.70. The van der Waals surface area contributed by atoms with Crippen LogP contribution < -0.4 is 5.73 Å². The Morgan fingerprint density at radius 1 is 1.42 bits per heavy atom. The lowest BCUT2D eigenvalue weighted by molar-refractivity contribution is 0.753. The molecule has 0 aromatic heterocycles. The van der Waals surface area contributed by atoms with Crippen molar-refractivity contribution in [1.82, 2.24) is 0 Å². The molecule has 0 saturated heterocycles. The molecule has 1 aliphatic rings. The lowest BCUT2D eigenvalue weighted by Gasteiger charge is -2.09. The molecule has 66 valence electrons. The number of hydrogen-bond acceptors (Lipinski definition) is 3. The Kier molecular flexibility index (Phi) is 2.63. The van der Waals surface area contributed by atoms with Crippen molar-refractivity contribution in [1.29, 1.82) is 0 Å². The third kappa shape index (κ3) is 2.49. The van der Waals surface area contributed by atoms with E-state index in [2.05, 4.69) is 23.0 Å². The van der Waals surface area contributed by atoms with Crippen LogP contribution in [0.3, 0.4) is 0 Å². The number of allylic oxidation sites excluding steroid dienone is 2. The molecule has 12 heavy (non-hydrogen) atoms. The Morgan fingerprint density at radius 3 is 2.75 bits per heavy atom. The summed E-state index contributed by atoms with van der Waals surface area (Å²) in [5.41, 5.74) is 6.69. The van der Waals surface area contributed by atoms with Gasteiger partial charge in [-0.1, -0.05) is 13.0 Å². The number of nitrogens with zero attached hydrogens (tertiary/aromatic N) is 2. The van der Waals surface area contributed by atoms with Crippen molar-refractivity contribution >= 4 is 11.7 Å². The fourth-order valence-electron chi connectivity index (χ4n) is 1.37. The quantitative estimate of drug-likeness (QED) is 0.583. The summed E-state index contributed by atoms with van der Waals surface area (Å²) >= 11 is 0. The molecular weight excluding hydrogens is 150 g/mol. The second kappa shape index (κ2) is 3.52. The van der Waals surface area contributed by atoms with Crippen LogP contribution in [0.15, 0.2) is 21.8 Å². The largest absolute Gasteiger partial charge is 0.387 e. The van der Waals surface area contributed by atoms with Crippen molar-refractivity contribution in [3.8, 4) is 0 Å². The van der Waals surface area contributed by atoms with E-state index in [9.17, 15) is 0 Å². The van der Waals surface area contributed by atoms with Gasteiger partial charge in [0.2, 0.25) is 0 Å². The summed E-state index contributed by atoms with van der Waals surface area (Å²) in [5, 5.41) is 0. The van der Waals surface area contributed by atoms with Gasteiger partial charge in [-0.3, -0.25) is 0 Å². The van der Waals surface area contributed by atoms with E-state index in [4.69, 9.17) is 5.73 Å². The third-order valence-electron chi connectivity index (χ3n) is 1.70. The summed E-state index contributed by atoms with van der Waals surface area (Å²) in [4.78, 5) is 8.39. The van der Waals surface area contributed by atoms with Gasteiger partial charge < -0.3 is 5.73 Å². The van der Waals surface area contributed by atoms with Crippen molar-refractivity contribution in [3.63, 3.8) is 0 Å². The molecular formula is C9H15N3. The van der Waals surface area contributed by atoms with Crippen molar-refractivity contribution in [3.05, 3.63) is 11.8 Å². The van der Waals surface area contributed by atoms with E-state index in [1.165, 1.54) is 0 Å². The molecule has 2 N–H and O–H groups in total. The molecule has 1 rings (SSSR count). The number of hydrogen-bond donors (Lipinski definition) is 1. The average Bonchev–Trinajstić information content (AvgIpc) is 1.81. The molecule has 0 saturated carbocycles. The second-order valence-corrected chi connectivity index (χ2v) is 3.25. The molecule has 1 unspecified atom stereocenters. The topological polar surface area (TPSA) is 50.7 Å². The molecule has 3 nitrogen and oxygen atoms in total. The smallest absolute Gasteiger partial charge is 0.127 e. The standard InChI is InChI=1S/C9H15N3/c1-6-4-7(2)11-8(3)12-9(10)5-6/h4,6H,5H2,1-3H3,(H2,10,11,12). The molecule has 0 radical (unpaired) electrons. The highest BCUT2D eigenvalue weighted by Gasteiger charge is 2.05. The van der Waals surface area contributed by atoms with E-state index in [0.29, 0.717) is 11.8 Å². The first-order valence-corrected chi connectivity index (χ1v) is 4.14. The fraction of sp³-hybridized carbons (Fsp3) is 0.556. The molecule has 3 heteroatoms. The van der Waals surface area contributed by atoms with Crippen molar-refractivity contribution in [2.45, 2.75) is 27.2 Å². The van der Waals surface area contributed by atoms with Gasteiger partial charge in [0.05, 0.1) is 0 Å². The minimum Gasteiger partial charge on any atom is -0.387 e. The predicted octanol–water partition coefficient (Wildman–Crippen LogP) is 1.71. The Bertz CT molecular complexity index is 261. The molecule has 1 aliphatic heterocycles. The van der Waals surface area contributed by atoms with Crippen LogP contribution in [0.2, 0.25) is 0 Å². The highest BCUT2D eigenvalue weighted by Crippen LogP contribution is 2.11. The Labute approximate surface area is 73.1 Å². The predicted molar refractivity (Wildman–Crippen MR) is 52.3 cm³/mol. The minimum atomic E-state index is 0.436. The zero-order valence-corrected chi connectivity index (χ0v) is 7.83. The van der Waals surface area contributed by atoms with E-state index in [1.54, 1.807) is 0 Å². The van der Waals surface area contributed by atoms with Crippen LogP contribution in [0.4, 0.5) is 0 Å². The van der Waals surface area contributed by atoms with Crippen molar-refractivity contribution < 1.29 is 0 Å². The zero-order valence-electron chi connectivity index (χ0n) is 7.83. The number of nitrogens with two attached hydrogens (primary N) is 1. The molecule has 0 fully saturated rings. The summed E-state index contributed by atoms with van der Waals surface area (Å²) in [6.07, 6.45) is 2.94. The summed E-state index contributed by atoms with van der Waals surface area (Å²) in [6.45, 7) is 5.96. The number of aliphatic imine (C=N–C) groups is 2. The van der Waals surface area contributed by atoms with E-state index in [1.807, 2.05) is 13.8 Å². The van der Waals surface area contributed by atoms with E-state index < -0.39 is 0 Å². The van der Waals surface area contributed by atoms with Crippen LogP contribution in [0, 0.1) is 5.92 Å². The van der Waals surface area contributed by atoms with Crippen LogP contribution in [-0.2, 0) is 0 Å². The van der Waals surface area contributed by atoms with Gasteiger partial charge in [0, 0.05) is 12.1 Å². The normalized spacial score (nSPS) is 24.9. The summed E-state index contributed by atoms with van der Waals surface area (Å²) in [6, 6.07) is 0. The molecule has 0 amide bonds. The SMILES string of the molecule is CC1=CC(C)CC(N)=NC(C)=N1. The Balaban J connectivity index is 2.95. The first-order chi connectivity index (χ1) is 5.58. The molecule has 0 aliphatic carbocycles. The molecule has 0 aromatic rings. The molecule has 1 heterocycles. The Morgan fingerprint density at radius 2 is 2.08 bits per heavy atom. The first kappa shape index (κ1) is 8.97. The van der Waals surface area contributed by atoms with Crippen molar-refractivity contribution in [2.24, 2.45) is 21.6 Å². The van der Waals surface area contributed by atoms with Crippen LogP contribution in [-0.4, -0.2) is 11.7 Å². The van der Waals surface area contributed by atoms with E-state index in [0.717, 1.165) is 18.0 Å². The van der Waals surface area contributed by atoms with Crippen LogP contribution in [0.1, 0.15) is 27.2 Å². The summed E-state index contributed by atoms with van der Waals surface area (Å²) in [5.74, 6) is 1.85. The summed E-state index contributed by atoms with van der Waals surface area (Å²) < 4.78 is 0. The van der Waals surface area contributed by atoms with Gasteiger partial charge in [-0.15, -0.1) is 0 Å². The zero-order chi connectivity index (χ0) is 9.14. The van der Waals surface area contributed by atoms with Gasteiger partial charge in [0.25, 0.3) is 0 Å². The summed E-state index contributed by atoms with van der Waals surface area (Å²) in [7, 11) is 0. The van der Waals surface area contributed by atoms with Gasteiger partial charge in [-0.05, 0) is 19.8 Å². The fourth-order valence-corrected chi connectivity index (χ4v) is 1.37. The van der Waals surface area contributed by atoms with Gasteiger partial charge in [-0.2, -0.15) is 0 Å². The second-order valence-electron chi connectivity index (χ2n) is 3.25. The number of rotatable bonds is 0. The Hall–Kier alpha value is -1.12. The maximum Gasteiger partial charge on any atom is 0.127 e. The molecule has 0 bridgehead atoms. The van der Waals surface area contributed by atoms with E-state index in [-0.39, 0.29) is 0 Å². The van der Waals surface area contributed by atoms with Crippen LogP contribution >= 0.6 is 0 Å². The number of amidine groups is 2. The van der Waals surface area contributed by atoms with E-state index >= 15 is 0 Å². The van der Waals surface area contributed by atoms with Gasteiger partial charge in [-0.25, -0.2) is 9.98 Å². The van der Waals surface area contributed by atoms with Gasteiger partial charge in [0.15, 0.2) is 0 Å². The molecule has 1 atom stereocenters.